The van der Waals surface area contributed by atoms with Gasteiger partial charge in [0.15, 0.2) is 0 Å². The zero-order valence-corrected chi connectivity index (χ0v) is 12.7. The normalized spacial score (nSPS) is 20.9. The van der Waals surface area contributed by atoms with Gasteiger partial charge in [0, 0.05) is 18.5 Å². The Morgan fingerprint density at radius 1 is 1.55 bits per heavy atom. The van der Waals surface area contributed by atoms with Gasteiger partial charge in [-0.05, 0) is 51.6 Å². The first-order chi connectivity index (χ1) is 9.58. The SMILES string of the molecule is CC(CC(=O)Nc1ccnn1C(C)C)C1CCCNC1. The van der Waals surface area contributed by atoms with Gasteiger partial charge in [-0.3, -0.25) is 4.79 Å². The number of aromatic nitrogens is 2. The van der Waals surface area contributed by atoms with Crippen molar-refractivity contribution >= 4 is 11.7 Å². The fraction of sp³-hybridized carbons (Fsp3) is 0.733. The van der Waals surface area contributed by atoms with E-state index in [1.54, 1.807) is 6.20 Å². The molecule has 2 N–H and O–H groups in total. The largest absolute Gasteiger partial charge is 0.316 e. The second kappa shape index (κ2) is 6.88. The van der Waals surface area contributed by atoms with E-state index in [4.69, 9.17) is 0 Å². The Bertz CT molecular complexity index is 435. The van der Waals surface area contributed by atoms with E-state index < -0.39 is 0 Å². The molecule has 1 aliphatic heterocycles. The van der Waals surface area contributed by atoms with E-state index in [1.807, 2.05) is 10.7 Å². The molecule has 0 radical (unpaired) electrons. The summed E-state index contributed by atoms with van der Waals surface area (Å²) >= 11 is 0. The van der Waals surface area contributed by atoms with Gasteiger partial charge < -0.3 is 10.6 Å². The average Bonchev–Trinajstić information content (AvgIpc) is 2.87. The van der Waals surface area contributed by atoms with E-state index in [2.05, 4.69) is 36.5 Å². The number of rotatable bonds is 5. The molecule has 1 aromatic rings. The molecule has 1 saturated heterocycles. The van der Waals surface area contributed by atoms with Crippen molar-refractivity contribution in [1.29, 1.82) is 0 Å². The molecular formula is C15H26N4O. The van der Waals surface area contributed by atoms with E-state index in [1.165, 1.54) is 12.8 Å². The van der Waals surface area contributed by atoms with Crippen molar-refractivity contribution < 1.29 is 4.79 Å². The van der Waals surface area contributed by atoms with Crippen LogP contribution in [0.2, 0.25) is 0 Å². The lowest BCUT2D eigenvalue weighted by Crippen LogP contribution is -2.34. The number of carbonyl (C=O) groups excluding carboxylic acids is 1. The Hall–Kier alpha value is -1.36. The van der Waals surface area contributed by atoms with Crippen molar-refractivity contribution in [3.8, 4) is 0 Å². The summed E-state index contributed by atoms with van der Waals surface area (Å²) in [6, 6.07) is 2.10. The topological polar surface area (TPSA) is 59.0 Å². The molecule has 1 amide bonds. The van der Waals surface area contributed by atoms with Crippen LogP contribution in [0.5, 0.6) is 0 Å². The molecule has 0 bridgehead atoms. The highest BCUT2D eigenvalue weighted by Gasteiger charge is 2.22. The van der Waals surface area contributed by atoms with Gasteiger partial charge >= 0.3 is 0 Å². The van der Waals surface area contributed by atoms with Crippen molar-refractivity contribution in [2.24, 2.45) is 11.8 Å². The molecule has 1 fully saturated rings. The van der Waals surface area contributed by atoms with Gasteiger partial charge in [-0.1, -0.05) is 6.92 Å². The van der Waals surface area contributed by atoms with Crippen LogP contribution in [-0.2, 0) is 4.79 Å². The maximum Gasteiger partial charge on any atom is 0.225 e. The van der Waals surface area contributed by atoms with Gasteiger partial charge in [0.1, 0.15) is 5.82 Å². The van der Waals surface area contributed by atoms with Crippen LogP contribution in [0.25, 0.3) is 0 Å². The summed E-state index contributed by atoms with van der Waals surface area (Å²) in [4.78, 5) is 12.2. The van der Waals surface area contributed by atoms with Gasteiger partial charge in [0.05, 0.1) is 6.20 Å². The Labute approximate surface area is 121 Å². The third kappa shape index (κ3) is 3.82. The molecule has 20 heavy (non-hydrogen) atoms. The molecule has 2 heterocycles. The average molecular weight is 278 g/mol. The van der Waals surface area contributed by atoms with Crippen LogP contribution in [0.4, 0.5) is 5.82 Å². The van der Waals surface area contributed by atoms with Crippen LogP contribution >= 0.6 is 0 Å². The second-order valence-electron chi connectivity index (χ2n) is 6.09. The molecule has 2 unspecified atom stereocenters. The van der Waals surface area contributed by atoms with Crippen LogP contribution in [0.3, 0.4) is 0 Å². The molecule has 5 heteroatoms. The Morgan fingerprint density at radius 3 is 3.00 bits per heavy atom. The summed E-state index contributed by atoms with van der Waals surface area (Å²) in [5.41, 5.74) is 0. The highest BCUT2D eigenvalue weighted by atomic mass is 16.1. The number of piperidine rings is 1. The molecular weight excluding hydrogens is 252 g/mol. The first-order valence-corrected chi connectivity index (χ1v) is 7.62. The number of carbonyl (C=O) groups is 1. The molecule has 1 aromatic heterocycles. The van der Waals surface area contributed by atoms with Crippen molar-refractivity contribution in [3.63, 3.8) is 0 Å². The second-order valence-corrected chi connectivity index (χ2v) is 6.09. The Kier molecular flexibility index (Phi) is 5.17. The number of nitrogens with zero attached hydrogens (tertiary/aromatic N) is 2. The third-order valence-electron chi connectivity index (χ3n) is 4.07. The Morgan fingerprint density at radius 2 is 2.35 bits per heavy atom. The Balaban J connectivity index is 1.86. The standard InChI is InChI=1S/C15H26N4O/c1-11(2)19-14(6-8-17-19)18-15(20)9-12(3)13-5-4-7-16-10-13/h6,8,11-13,16H,4-5,7,9-10H2,1-3H3,(H,18,20). The van der Waals surface area contributed by atoms with Crippen molar-refractivity contribution in [2.45, 2.75) is 46.1 Å². The number of nitrogens with one attached hydrogen (secondary N) is 2. The highest BCUT2D eigenvalue weighted by molar-refractivity contribution is 5.89. The van der Waals surface area contributed by atoms with Gasteiger partial charge in [-0.25, -0.2) is 4.68 Å². The van der Waals surface area contributed by atoms with Crippen LogP contribution in [0.15, 0.2) is 12.3 Å². The molecule has 5 nitrogen and oxygen atoms in total. The lowest BCUT2D eigenvalue weighted by molar-refractivity contribution is -0.117. The van der Waals surface area contributed by atoms with E-state index >= 15 is 0 Å². The van der Waals surface area contributed by atoms with Crippen molar-refractivity contribution in [1.82, 2.24) is 15.1 Å². The molecule has 1 aliphatic rings. The summed E-state index contributed by atoms with van der Waals surface area (Å²) < 4.78 is 1.84. The maximum atomic E-state index is 12.2. The minimum Gasteiger partial charge on any atom is -0.316 e. The lowest BCUT2D eigenvalue weighted by Gasteiger charge is -2.28. The highest BCUT2D eigenvalue weighted by Crippen LogP contribution is 2.23. The summed E-state index contributed by atoms with van der Waals surface area (Å²) in [6.45, 7) is 8.44. The summed E-state index contributed by atoms with van der Waals surface area (Å²) in [6.07, 6.45) is 4.75. The predicted octanol–water partition coefficient (Wildman–Crippen LogP) is 2.43. The van der Waals surface area contributed by atoms with E-state index in [-0.39, 0.29) is 11.9 Å². The van der Waals surface area contributed by atoms with Crippen molar-refractivity contribution in [3.05, 3.63) is 12.3 Å². The molecule has 0 aromatic carbocycles. The van der Waals surface area contributed by atoms with Gasteiger partial charge in [-0.15, -0.1) is 0 Å². The smallest absolute Gasteiger partial charge is 0.225 e. The predicted molar refractivity (Wildman–Crippen MR) is 80.6 cm³/mol. The fourth-order valence-corrected chi connectivity index (χ4v) is 2.84. The van der Waals surface area contributed by atoms with Gasteiger partial charge in [-0.2, -0.15) is 5.10 Å². The molecule has 0 spiro atoms. The van der Waals surface area contributed by atoms with E-state index in [9.17, 15) is 4.79 Å². The van der Waals surface area contributed by atoms with Crippen LogP contribution in [-0.4, -0.2) is 28.8 Å². The molecule has 2 rings (SSSR count). The first-order valence-electron chi connectivity index (χ1n) is 7.62. The lowest BCUT2D eigenvalue weighted by atomic mass is 9.85. The first kappa shape index (κ1) is 15.0. The molecule has 0 saturated carbocycles. The van der Waals surface area contributed by atoms with E-state index in [0.29, 0.717) is 18.3 Å². The maximum absolute atomic E-state index is 12.2. The van der Waals surface area contributed by atoms with Crippen LogP contribution in [0, 0.1) is 11.8 Å². The molecule has 2 atom stereocenters. The van der Waals surface area contributed by atoms with Crippen LogP contribution in [0.1, 0.15) is 46.1 Å². The third-order valence-corrected chi connectivity index (χ3v) is 4.07. The monoisotopic (exact) mass is 278 g/mol. The van der Waals surface area contributed by atoms with E-state index in [0.717, 1.165) is 18.9 Å². The zero-order valence-electron chi connectivity index (χ0n) is 12.7. The minimum absolute atomic E-state index is 0.0884. The van der Waals surface area contributed by atoms with Gasteiger partial charge in [0.25, 0.3) is 0 Å². The summed E-state index contributed by atoms with van der Waals surface area (Å²) in [7, 11) is 0. The summed E-state index contributed by atoms with van der Waals surface area (Å²) in [5, 5.41) is 10.6. The molecule has 0 aliphatic carbocycles. The summed E-state index contributed by atoms with van der Waals surface area (Å²) in [5.74, 6) is 1.91. The number of anilines is 1. The minimum atomic E-state index is 0.0884. The quantitative estimate of drug-likeness (QED) is 0.869. The fourth-order valence-electron chi connectivity index (χ4n) is 2.84. The zero-order chi connectivity index (χ0) is 14.5. The number of hydrogen-bond donors (Lipinski definition) is 2. The molecule has 112 valence electrons. The van der Waals surface area contributed by atoms with Crippen molar-refractivity contribution in [2.75, 3.05) is 18.4 Å². The number of amides is 1. The van der Waals surface area contributed by atoms with Gasteiger partial charge in [0.2, 0.25) is 5.91 Å². The number of hydrogen-bond acceptors (Lipinski definition) is 3. The van der Waals surface area contributed by atoms with Crippen LogP contribution < -0.4 is 10.6 Å².